The van der Waals surface area contributed by atoms with Gasteiger partial charge in [0.2, 0.25) is 0 Å². The minimum atomic E-state index is 0.772. The Bertz CT molecular complexity index is 347. The molecule has 4 heteroatoms. The molecule has 1 aromatic rings. The Labute approximate surface area is 115 Å². The van der Waals surface area contributed by atoms with E-state index in [9.17, 15) is 0 Å². The van der Waals surface area contributed by atoms with Crippen LogP contribution < -0.4 is 5.32 Å². The van der Waals surface area contributed by atoms with E-state index in [1.807, 2.05) is 0 Å². The lowest BCUT2D eigenvalue weighted by molar-refractivity contribution is 0.272. The summed E-state index contributed by atoms with van der Waals surface area (Å²) in [5.74, 6) is 0. The lowest BCUT2D eigenvalue weighted by Crippen LogP contribution is -2.24. The summed E-state index contributed by atoms with van der Waals surface area (Å²) >= 11 is 1.80. The Balaban J connectivity index is 1.76. The van der Waals surface area contributed by atoms with Crippen molar-refractivity contribution in [1.29, 1.82) is 0 Å². The number of nitrogens with zero attached hydrogens (tertiary/aromatic N) is 2. The summed E-state index contributed by atoms with van der Waals surface area (Å²) in [6.07, 6.45) is 5.25. The van der Waals surface area contributed by atoms with E-state index in [4.69, 9.17) is 4.98 Å². The van der Waals surface area contributed by atoms with Crippen LogP contribution in [0.5, 0.6) is 0 Å². The lowest BCUT2D eigenvalue weighted by Gasteiger charge is -2.18. The Morgan fingerprint density at radius 2 is 2.28 bits per heavy atom. The van der Waals surface area contributed by atoms with Crippen LogP contribution in [0.15, 0.2) is 5.38 Å². The molecule has 102 valence electrons. The van der Waals surface area contributed by atoms with Gasteiger partial charge in [-0.05, 0) is 32.4 Å². The molecule has 0 aromatic carbocycles. The van der Waals surface area contributed by atoms with Crippen molar-refractivity contribution in [3.05, 3.63) is 16.1 Å². The minimum absolute atomic E-state index is 0.772. The number of thiazole rings is 1. The van der Waals surface area contributed by atoms with Gasteiger partial charge in [-0.3, -0.25) is 4.90 Å². The second-order valence-corrected chi connectivity index (χ2v) is 6.05. The molecule has 1 aliphatic rings. The minimum Gasteiger partial charge on any atom is -0.308 e. The fourth-order valence-corrected chi connectivity index (χ4v) is 2.72. The van der Waals surface area contributed by atoms with Gasteiger partial charge in [0.05, 0.1) is 5.69 Å². The van der Waals surface area contributed by atoms with E-state index in [2.05, 4.69) is 29.4 Å². The van der Waals surface area contributed by atoms with Gasteiger partial charge in [-0.25, -0.2) is 4.98 Å². The molecule has 0 atom stereocenters. The van der Waals surface area contributed by atoms with Crippen LogP contribution in [0.2, 0.25) is 0 Å². The highest BCUT2D eigenvalue weighted by molar-refractivity contribution is 7.09. The monoisotopic (exact) mass is 267 g/mol. The molecule has 1 fully saturated rings. The third-order valence-electron chi connectivity index (χ3n) is 3.38. The quantitative estimate of drug-likeness (QED) is 0.745. The van der Waals surface area contributed by atoms with Crippen LogP contribution in [0.3, 0.4) is 0 Å². The summed E-state index contributed by atoms with van der Waals surface area (Å²) in [5.41, 5.74) is 1.24. The summed E-state index contributed by atoms with van der Waals surface area (Å²) < 4.78 is 0. The predicted molar refractivity (Wildman–Crippen MR) is 77.8 cm³/mol. The fraction of sp³-hybridized carbons (Fsp3) is 0.786. The van der Waals surface area contributed by atoms with E-state index in [-0.39, 0.29) is 0 Å². The van der Waals surface area contributed by atoms with E-state index in [0.717, 1.165) is 25.7 Å². The first-order chi connectivity index (χ1) is 8.81. The van der Waals surface area contributed by atoms with Gasteiger partial charge in [0.1, 0.15) is 5.01 Å². The highest BCUT2D eigenvalue weighted by Crippen LogP contribution is 2.20. The van der Waals surface area contributed by atoms with Crippen LogP contribution in [0.4, 0.5) is 0 Å². The Morgan fingerprint density at radius 3 is 2.94 bits per heavy atom. The maximum Gasteiger partial charge on any atom is 0.107 e. The summed E-state index contributed by atoms with van der Waals surface area (Å²) in [6.45, 7) is 8.76. The zero-order valence-corrected chi connectivity index (χ0v) is 12.4. The SMILES string of the molecule is CCCCN(CC)Cc1csc(CNC2CC2)n1. The van der Waals surface area contributed by atoms with Crippen LogP contribution >= 0.6 is 11.3 Å². The van der Waals surface area contributed by atoms with Gasteiger partial charge in [0, 0.05) is 24.5 Å². The van der Waals surface area contributed by atoms with Crippen molar-refractivity contribution in [2.75, 3.05) is 13.1 Å². The molecule has 1 heterocycles. The van der Waals surface area contributed by atoms with Crippen molar-refractivity contribution in [2.45, 2.75) is 58.7 Å². The van der Waals surface area contributed by atoms with Crippen LogP contribution in [-0.2, 0) is 13.1 Å². The smallest absolute Gasteiger partial charge is 0.107 e. The van der Waals surface area contributed by atoms with Gasteiger partial charge < -0.3 is 5.32 Å². The zero-order chi connectivity index (χ0) is 12.8. The molecule has 1 saturated carbocycles. The van der Waals surface area contributed by atoms with Crippen molar-refractivity contribution in [2.24, 2.45) is 0 Å². The van der Waals surface area contributed by atoms with Crippen molar-refractivity contribution < 1.29 is 0 Å². The molecule has 0 radical (unpaired) electrons. The topological polar surface area (TPSA) is 28.2 Å². The molecular formula is C14H25N3S. The average molecular weight is 267 g/mol. The molecule has 0 saturated heterocycles. The van der Waals surface area contributed by atoms with Gasteiger partial charge in [0.25, 0.3) is 0 Å². The maximum atomic E-state index is 4.72. The summed E-state index contributed by atoms with van der Waals surface area (Å²) in [5, 5.41) is 6.98. The number of hydrogen-bond donors (Lipinski definition) is 1. The molecule has 0 spiro atoms. The number of unbranched alkanes of at least 4 members (excludes halogenated alkanes) is 1. The average Bonchev–Trinajstić information content (AvgIpc) is 3.12. The first kappa shape index (κ1) is 14.0. The van der Waals surface area contributed by atoms with Crippen molar-refractivity contribution in [1.82, 2.24) is 15.2 Å². The van der Waals surface area contributed by atoms with Crippen LogP contribution in [0.25, 0.3) is 0 Å². The lowest BCUT2D eigenvalue weighted by atomic mass is 10.3. The Kier molecular flexibility index (Phi) is 5.60. The molecule has 0 bridgehead atoms. The Morgan fingerprint density at radius 1 is 1.44 bits per heavy atom. The third-order valence-corrected chi connectivity index (χ3v) is 4.28. The summed E-state index contributed by atoms with van der Waals surface area (Å²) in [7, 11) is 0. The van der Waals surface area contributed by atoms with Gasteiger partial charge >= 0.3 is 0 Å². The largest absolute Gasteiger partial charge is 0.308 e. The molecule has 3 nitrogen and oxygen atoms in total. The molecule has 2 rings (SSSR count). The number of hydrogen-bond acceptors (Lipinski definition) is 4. The van der Waals surface area contributed by atoms with Gasteiger partial charge in [0.15, 0.2) is 0 Å². The van der Waals surface area contributed by atoms with Gasteiger partial charge in [-0.15, -0.1) is 11.3 Å². The number of aromatic nitrogens is 1. The van der Waals surface area contributed by atoms with Gasteiger partial charge in [-0.1, -0.05) is 20.3 Å². The van der Waals surface area contributed by atoms with Crippen molar-refractivity contribution in [3.63, 3.8) is 0 Å². The highest BCUT2D eigenvalue weighted by atomic mass is 32.1. The van der Waals surface area contributed by atoms with E-state index in [0.29, 0.717) is 0 Å². The van der Waals surface area contributed by atoms with E-state index in [1.54, 1.807) is 11.3 Å². The van der Waals surface area contributed by atoms with Crippen LogP contribution in [0.1, 0.15) is 50.2 Å². The van der Waals surface area contributed by atoms with E-state index >= 15 is 0 Å². The molecule has 0 unspecified atom stereocenters. The maximum absolute atomic E-state index is 4.72. The molecule has 1 aliphatic carbocycles. The van der Waals surface area contributed by atoms with Crippen LogP contribution in [-0.4, -0.2) is 29.0 Å². The third kappa shape index (κ3) is 4.67. The van der Waals surface area contributed by atoms with E-state index in [1.165, 1.54) is 42.9 Å². The summed E-state index contributed by atoms with van der Waals surface area (Å²) in [4.78, 5) is 7.20. The number of rotatable bonds is 9. The standard InChI is InChI=1S/C14H25N3S/c1-3-5-8-17(4-2)10-13-11-18-14(16-13)9-15-12-6-7-12/h11-12,15H,3-10H2,1-2H3. The second-order valence-electron chi connectivity index (χ2n) is 5.11. The predicted octanol–water partition coefficient (Wildman–Crippen LogP) is 3.02. The highest BCUT2D eigenvalue weighted by Gasteiger charge is 2.20. The normalized spacial score (nSPS) is 15.5. The van der Waals surface area contributed by atoms with Crippen molar-refractivity contribution >= 4 is 11.3 Å². The summed E-state index contributed by atoms with van der Waals surface area (Å²) in [6, 6.07) is 0.772. The van der Waals surface area contributed by atoms with Crippen LogP contribution in [0, 0.1) is 0 Å². The first-order valence-electron chi connectivity index (χ1n) is 7.20. The molecule has 18 heavy (non-hydrogen) atoms. The van der Waals surface area contributed by atoms with Gasteiger partial charge in [-0.2, -0.15) is 0 Å². The second kappa shape index (κ2) is 7.22. The first-order valence-corrected chi connectivity index (χ1v) is 8.08. The molecule has 1 aromatic heterocycles. The molecule has 1 N–H and O–H groups in total. The molecule has 0 aliphatic heterocycles. The molecular weight excluding hydrogens is 242 g/mol. The zero-order valence-electron chi connectivity index (χ0n) is 11.6. The fourth-order valence-electron chi connectivity index (χ4n) is 1.98. The van der Waals surface area contributed by atoms with Crippen molar-refractivity contribution in [3.8, 4) is 0 Å². The van der Waals surface area contributed by atoms with E-state index < -0.39 is 0 Å². The Hall–Kier alpha value is -0.450. The molecule has 0 amide bonds. The number of nitrogens with one attached hydrogen (secondary N) is 1.